The van der Waals surface area contributed by atoms with E-state index in [-0.39, 0.29) is 5.97 Å². The summed E-state index contributed by atoms with van der Waals surface area (Å²) >= 11 is 0. The van der Waals surface area contributed by atoms with E-state index in [0.717, 1.165) is 24.3 Å². The van der Waals surface area contributed by atoms with Crippen LogP contribution in [0.25, 0.3) is 0 Å². The average Bonchev–Trinajstić information content (AvgIpc) is 2.68. The van der Waals surface area contributed by atoms with Crippen LogP contribution in [0.4, 0.5) is 17.5 Å². The molecule has 0 aliphatic carbocycles. The zero-order valence-electron chi connectivity index (χ0n) is 15.4. The summed E-state index contributed by atoms with van der Waals surface area (Å²) in [6.45, 7) is 2.68. The Morgan fingerprint density at radius 1 is 1.04 bits per heavy atom. The number of anilines is 3. The number of ether oxygens (including phenoxy) is 1. The third-order valence-electron chi connectivity index (χ3n) is 3.97. The van der Waals surface area contributed by atoms with E-state index in [1.807, 2.05) is 43.3 Å². The molecule has 0 aliphatic heterocycles. The van der Waals surface area contributed by atoms with Gasteiger partial charge >= 0.3 is 5.97 Å². The number of methoxy groups -OCH3 is 1. The number of nitrogens with zero attached hydrogens (tertiary/aromatic N) is 2. The number of hydrogen-bond donors (Lipinski definition) is 2. The number of rotatable bonds is 7. The number of hydrogen-bond acceptors (Lipinski definition) is 6. The van der Waals surface area contributed by atoms with Gasteiger partial charge in [-0.25, -0.2) is 9.78 Å². The molecule has 27 heavy (non-hydrogen) atoms. The molecule has 2 aromatic carbocycles. The predicted molar refractivity (Wildman–Crippen MR) is 106 cm³/mol. The smallest absolute Gasteiger partial charge is 0.337 e. The summed E-state index contributed by atoms with van der Waals surface area (Å²) in [7, 11) is 1.37. The fourth-order valence-electron chi connectivity index (χ4n) is 2.63. The van der Waals surface area contributed by atoms with Crippen molar-refractivity contribution in [2.45, 2.75) is 13.3 Å². The lowest BCUT2D eigenvalue weighted by atomic mass is 10.1. The van der Waals surface area contributed by atoms with E-state index in [1.165, 1.54) is 12.7 Å². The van der Waals surface area contributed by atoms with E-state index in [9.17, 15) is 4.79 Å². The summed E-state index contributed by atoms with van der Waals surface area (Å²) in [4.78, 5) is 20.4. The Bertz CT molecular complexity index is 896. The van der Waals surface area contributed by atoms with E-state index in [2.05, 4.69) is 32.7 Å². The fourth-order valence-corrected chi connectivity index (χ4v) is 2.63. The Kier molecular flexibility index (Phi) is 5.99. The summed E-state index contributed by atoms with van der Waals surface area (Å²) in [6.07, 6.45) is 0.899. The van der Waals surface area contributed by atoms with E-state index in [4.69, 9.17) is 4.74 Å². The largest absolute Gasteiger partial charge is 0.465 e. The molecule has 6 heteroatoms. The number of carbonyl (C=O) groups excluding carboxylic acids is 1. The molecule has 1 aromatic heterocycles. The van der Waals surface area contributed by atoms with Gasteiger partial charge in [-0.15, -0.1) is 0 Å². The minimum Gasteiger partial charge on any atom is -0.465 e. The van der Waals surface area contributed by atoms with Crippen molar-refractivity contribution in [3.05, 3.63) is 77.5 Å². The maximum Gasteiger partial charge on any atom is 0.337 e. The maximum atomic E-state index is 11.5. The van der Waals surface area contributed by atoms with Crippen molar-refractivity contribution >= 4 is 23.4 Å². The molecule has 3 rings (SSSR count). The quantitative estimate of drug-likeness (QED) is 0.620. The highest BCUT2D eigenvalue weighted by molar-refractivity contribution is 5.89. The van der Waals surface area contributed by atoms with Gasteiger partial charge in [-0.2, -0.15) is 4.98 Å². The molecule has 0 aliphatic rings. The number of esters is 1. The van der Waals surface area contributed by atoms with Crippen LogP contribution in [0.15, 0.2) is 60.7 Å². The average molecular weight is 362 g/mol. The van der Waals surface area contributed by atoms with Gasteiger partial charge in [-0.05, 0) is 43.2 Å². The van der Waals surface area contributed by atoms with Crippen LogP contribution in [0, 0.1) is 6.92 Å². The lowest BCUT2D eigenvalue weighted by Crippen LogP contribution is -2.09. The van der Waals surface area contributed by atoms with Crippen LogP contribution < -0.4 is 10.6 Å². The number of nitrogens with one attached hydrogen (secondary N) is 2. The molecule has 0 unspecified atom stereocenters. The summed E-state index contributed by atoms with van der Waals surface area (Å²) in [5, 5.41) is 6.50. The minimum atomic E-state index is -0.357. The second kappa shape index (κ2) is 8.80. The van der Waals surface area contributed by atoms with Crippen LogP contribution in [0.2, 0.25) is 0 Å². The first-order chi connectivity index (χ1) is 13.1. The Balaban J connectivity index is 1.63. The molecule has 0 radical (unpaired) electrons. The molecule has 138 valence electrons. The molecule has 3 aromatic rings. The van der Waals surface area contributed by atoms with Gasteiger partial charge in [-0.3, -0.25) is 0 Å². The molecular formula is C21H22N4O2. The van der Waals surface area contributed by atoms with Gasteiger partial charge in [0.25, 0.3) is 0 Å². The van der Waals surface area contributed by atoms with Crippen molar-refractivity contribution in [2.75, 3.05) is 24.3 Å². The molecule has 0 bridgehead atoms. The maximum absolute atomic E-state index is 11.5. The Morgan fingerprint density at radius 3 is 2.48 bits per heavy atom. The van der Waals surface area contributed by atoms with Crippen molar-refractivity contribution < 1.29 is 9.53 Å². The highest BCUT2D eigenvalue weighted by atomic mass is 16.5. The van der Waals surface area contributed by atoms with Crippen LogP contribution in [0.3, 0.4) is 0 Å². The molecule has 0 saturated heterocycles. The monoisotopic (exact) mass is 362 g/mol. The molecule has 0 amide bonds. The minimum absolute atomic E-state index is 0.357. The number of benzene rings is 2. The SMILES string of the molecule is COC(=O)c1ccc(Nc2cc(C)nc(NCCc3ccccc3)n2)cc1. The summed E-state index contributed by atoms with van der Waals surface area (Å²) in [6, 6.07) is 19.2. The normalized spacial score (nSPS) is 10.3. The molecule has 0 fully saturated rings. The Hall–Kier alpha value is -3.41. The van der Waals surface area contributed by atoms with Gasteiger partial charge < -0.3 is 15.4 Å². The van der Waals surface area contributed by atoms with Gasteiger partial charge in [0.05, 0.1) is 12.7 Å². The van der Waals surface area contributed by atoms with Gasteiger partial charge in [0, 0.05) is 24.0 Å². The predicted octanol–water partition coefficient (Wildman–Crippen LogP) is 3.97. The van der Waals surface area contributed by atoms with Gasteiger partial charge in [0.15, 0.2) is 0 Å². The van der Waals surface area contributed by atoms with Gasteiger partial charge in [0.1, 0.15) is 5.82 Å². The molecule has 2 N–H and O–H groups in total. The number of carbonyl (C=O) groups is 1. The van der Waals surface area contributed by atoms with Crippen LogP contribution in [-0.4, -0.2) is 29.6 Å². The zero-order chi connectivity index (χ0) is 19.1. The molecule has 0 atom stereocenters. The summed E-state index contributed by atoms with van der Waals surface area (Å²) in [5.41, 5.74) is 3.46. The molecule has 0 saturated carbocycles. The third kappa shape index (κ3) is 5.28. The van der Waals surface area contributed by atoms with Gasteiger partial charge in [0.2, 0.25) is 5.95 Å². The van der Waals surface area contributed by atoms with Gasteiger partial charge in [-0.1, -0.05) is 30.3 Å². The number of aryl methyl sites for hydroxylation is 1. The first-order valence-corrected chi connectivity index (χ1v) is 8.73. The van der Waals surface area contributed by atoms with Crippen molar-refractivity contribution in [1.29, 1.82) is 0 Å². The third-order valence-corrected chi connectivity index (χ3v) is 3.97. The van der Waals surface area contributed by atoms with Crippen molar-refractivity contribution in [3.8, 4) is 0 Å². The first kappa shape index (κ1) is 18.4. The van der Waals surface area contributed by atoms with Crippen LogP contribution >= 0.6 is 0 Å². The lowest BCUT2D eigenvalue weighted by Gasteiger charge is -2.10. The van der Waals surface area contributed by atoms with Crippen molar-refractivity contribution in [1.82, 2.24) is 9.97 Å². The molecule has 1 heterocycles. The highest BCUT2D eigenvalue weighted by Crippen LogP contribution is 2.18. The van der Waals surface area contributed by atoms with Crippen LogP contribution in [0.5, 0.6) is 0 Å². The Labute approximate surface area is 158 Å². The van der Waals surface area contributed by atoms with E-state index < -0.39 is 0 Å². The standard InChI is InChI=1S/C21H22N4O2/c1-15-14-19(24-18-10-8-17(9-11-18)20(26)27-2)25-21(23-15)22-13-12-16-6-4-3-5-7-16/h3-11,14H,12-13H2,1-2H3,(H2,22,23,24,25). The topological polar surface area (TPSA) is 76.1 Å². The second-order valence-corrected chi connectivity index (χ2v) is 6.07. The summed E-state index contributed by atoms with van der Waals surface area (Å²) < 4.78 is 4.71. The second-order valence-electron chi connectivity index (χ2n) is 6.07. The van der Waals surface area contributed by atoms with Crippen molar-refractivity contribution in [3.63, 3.8) is 0 Å². The molecule has 6 nitrogen and oxygen atoms in total. The molecule has 0 spiro atoms. The highest BCUT2D eigenvalue weighted by Gasteiger charge is 2.06. The van der Waals surface area contributed by atoms with E-state index in [0.29, 0.717) is 17.3 Å². The summed E-state index contributed by atoms with van der Waals surface area (Å²) in [5.74, 6) is 0.916. The van der Waals surface area contributed by atoms with Crippen molar-refractivity contribution in [2.24, 2.45) is 0 Å². The fraction of sp³-hybridized carbons (Fsp3) is 0.190. The van der Waals surface area contributed by atoms with Crippen LogP contribution in [-0.2, 0) is 11.2 Å². The van der Waals surface area contributed by atoms with E-state index in [1.54, 1.807) is 12.1 Å². The number of aromatic nitrogens is 2. The lowest BCUT2D eigenvalue weighted by molar-refractivity contribution is 0.0601. The Morgan fingerprint density at radius 2 is 1.78 bits per heavy atom. The first-order valence-electron chi connectivity index (χ1n) is 8.73. The van der Waals surface area contributed by atoms with E-state index >= 15 is 0 Å². The zero-order valence-corrected chi connectivity index (χ0v) is 15.4. The molecular weight excluding hydrogens is 340 g/mol. The van der Waals surface area contributed by atoms with Crippen LogP contribution in [0.1, 0.15) is 21.6 Å².